The lowest BCUT2D eigenvalue weighted by Crippen LogP contribution is -2.41. The van der Waals surface area contributed by atoms with Crippen LogP contribution in [-0.4, -0.2) is 18.5 Å². The number of amides is 3. The fourth-order valence-electron chi connectivity index (χ4n) is 2.44. The highest BCUT2D eigenvalue weighted by Gasteiger charge is 2.30. The second kappa shape index (κ2) is 9.09. The second-order valence-electron chi connectivity index (χ2n) is 6.18. The van der Waals surface area contributed by atoms with Crippen LogP contribution in [0.4, 0.5) is 23.7 Å². The minimum atomic E-state index is -4.46. The molecule has 3 N–H and O–H groups in total. The number of carbonyl (C=O) groups excluding carboxylic acids is 2. The van der Waals surface area contributed by atoms with Crippen LogP contribution in [0.15, 0.2) is 46.9 Å². The van der Waals surface area contributed by atoms with E-state index < -0.39 is 29.7 Å². The molecule has 5 nitrogen and oxygen atoms in total. The highest BCUT2D eigenvalue weighted by atomic mass is 79.9. The molecule has 0 spiro atoms. The van der Waals surface area contributed by atoms with E-state index in [0.29, 0.717) is 11.3 Å². The van der Waals surface area contributed by atoms with Crippen LogP contribution in [-0.2, 0) is 11.0 Å². The largest absolute Gasteiger partial charge is 0.416 e. The van der Waals surface area contributed by atoms with E-state index in [1.54, 1.807) is 19.1 Å². The SMILES string of the molecule is Cc1cc(Br)ccc1NC(=O)CNC(=O)NC(C)c1cccc(C(F)(F)F)c1. The summed E-state index contributed by atoms with van der Waals surface area (Å²) in [5.41, 5.74) is 0.987. The molecule has 9 heteroatoms. The first kappa shape index (κ1) is 21.7. The van der Waals surface area contributed by atoms with Gasteiger partial charge in [-0.25, -0.2) is 4.79 Å². The Hall–Kier alpha value is -2.55. The molecule has 0 bridgehead atoms. The molecule has 28 heavy (non-hydrogen) atoms. The van der Waals surface area contributed by atoms with Crippen LogP contribution in [0.1, 0.15) is 29.7 Å². The molecule has 150 valence electrons. The molecule has 1 atom stereocenters. The van der Waals surface area contributed by atoms with Gasteiger partial charge in [0.25, 0.3) is 0 Å². The van der Waals surface area contributed by atoms with Crippen molar-refractivity contribution in [2.24, 2.45) is 0 Å². The minimum Gasteiger partial charge on any atom is -0.332 e. The Morgan fingerprint density at radius 1 is 1.14 bits per heavy atom. The van der Waals surface area contributed by atoms with Crippen molar-refractivity contribution in [3.05, 3.63) is 63.6 Å². The van der Waals surface area contributed by atoms with Crippen molar-refractivity contribution in [2.45, 2.75) is 26.1 Å². The molecule has 0 heterocycles. The van der Waals surface area contributed by atoms with Crippen LogP contribution in [0.25, 0.3) is 0 Å². The van der Waals surface area contributed by atoms with E-state index in [2.05, 4.69) is 31.9 Å². The summed E-state index contributed by atoms with van der Waals surface area (Å²) in [5, 5.41) is 7.57. The van der Waals surface area contributed by atoms with Crippen molar-refractivity contribution in [3.8, 4) is 0 Å². The van der Waals surface area contributed by atoms with Gasteiger partial charge in [0, 0.05) is 10.2 Å². The van der Waals surface area contributed by atoms with Gasteiger partial charge in [-0.2, -0.15) is 13.2 Å². The summed E-state index contributed by atoms with van der Waals surface area (Å²) in [6.07, 6.45) is -4.46. The third-order valence-electron chi connectivity index (χ3n) is 3.93. The molecule has 0 saturated heterocycles. The molecular weight excluding hydrogens is 439 g/mol. The maximum atomic E-state index is 12.8. The summed E-state index contributed by atoms with van der Waals surface area (Å²) in [6, 6.07) is 8.73. The fourth-order valence-corrected chi connectivity index (χ4v) is 2.91. The summed E-state index contributed by atoms with van der Waals surface area (Å²) in [4.78, 5) is 23.9. The molecule has 2 rings (SSSR count). The van der Waals surface area contributed by atoms with Crippen LogP contribution < -0.4 is 16.0 Å². The standard InChI is InChI=1S/C19H19BrF3N3O2/c1-11-8-15(20)6-7-16(11)26-17(27)10-24-18(28)25-12(2)13-4-3-5-14(9-13)19(21,22)23/h3-9,12H,10H2,1-2H3,(H,26,27)(H2,24,25,28). The van der Waals surface area contributed by atoms with E-state index >= 15 is 0 Å². The Labute approximate surface area is 168 Å². The molecule has 0 aliphatic rings. The van der Waals surface area contributed by atoms with Crippen LogP contribution in [0, 0.1) is 6.92 Å². The molecule has 0 saturated carbocycles. The quantitative estimate of drug-likeness (QED) is 0.604. The maximum absolute atomic E-state index is 12.8. The second-order valence-corrected chi connectivity index (χ2v) is 7.10. The number of rotatable bonds is 5. The van der Waals surface area contributed by atoms with Gasteiger partial charge in [0.1, 0.15) is 0 Å². The lowest BCUT2D eigenvalue weighted by atomic mass is 10.1. The lowest BCUT2D eigenvalue weighted by molar-refractivity contribution is -0.137. The number of carbonyl (C=O) groups is 2. The highest BCUT2D eigenvalue weighted by molar-refractivity contribution is 9.10. The molecule has 2 aromatic carbocycles. The van der Waals surface area contributed by atoms with Gasteiger partial charge in [0.05, 0.1) is 18.2 Å². The predicted molar refractivity (Wildman–Crippen MR) is 104 cm³/mol. The zero-order valence-corrected chi connectivity index (χ0v) is 16.7. The van der Waals surface area contributed by atoms with Gasteiger partial charge in [-0.05, 0) is 55.3 Å². The van der Waals surface area contributed by atoms with E-state index in [4.69, 9.17) is 0 Å². The van der Waals surface area contributed by atoms with Crippen LogP contribution in [0.3, 0.4) is 0 Å². The predicted octanol–water partition coefficient (Wildman–Crippen LogP) is 4.78. The summed E-state index contributed by atoms with van der Waals surface area (Å²) in [6.45, 7) is 3.11. The monoisotopic (exact) mass is 457 g/mol. The molecule has 0 aromatic heterocycles. The Morgan fingerprint density at radius 2 is 1.86 bits per heavy atom. The fraction of sp³-hybridized carbons (Fsp3) is 0.263. The number of aryl methyl sites for hydroxylation is 1. The van der Waals surface area contributed by atoms with E-state index in [1.807, 2.05) is 13.0 Å². The highest BCUT2D eigenvalue weighted by Crippen LogP contribution is 2.30. The zero-order valence-electron chi connectivity index (χ0n) is 15.2. The van der Waals surface area contributed by atoms with E-state index in [9.17, 15) is 22.8 Å². The van der Waals surface area contributed by atoms with Gasteiger partial charge in [-0.1, -0.05) is 28.1 Å². The molecule has 0 aliphatic carbocycles. The molecule has 2 aromatic rings. The van der Waals surface area contributed by atoms with Gasteiger partial charge in [0.2, 0.25) is 5.91 Å². The number of anilines is 1. The average molecular weight is 458 g/mol. The Morgan fingerprint density at radius 3 is 2.50 bits per heavy atom. The van der Waals surface area contributed by atoms with Gasteiger partial charge < -0.3 is 16.0 Å². The van der Waals surface area contributed by atoms with Crippen LogP contribution in [0.5, 0.6) is 0 Å². The number of hydrogen-bond donors (Lipinski definition) is 3. The molecular formula is C19H19BrF3N3O2. The summed E-state index contributed by atoms with van der Waals surface area (Å²) in [5.74, 6) is -0.424. The van der Waals surface area contributed by atoms with Crippen molar-refractivity contribution in [1.29, 1.82) is 0 Å². The molecule has 1 unspecified atom stereocenters. The molecule has 0 fully saturated rings. The van der Waals surface area contributed by atoms with Gasteiger partial charge in [-0.15, -0.1) is 0 Å². The molecule has 3 amide bonds. The number of urea groups is 1. The van der Waals surface area contributed by atoms with E-state index in [1.165, 1.54) is 12.1 Å². The van der Waals surface area contributed by atoms with Crippen molar-refractivity contribution in [2.75, 3.05) is 11.9 Å². The lowest BCUT2D eigenvalue weighted by Gasteiger charge is -2.17. The van der Waals surface area contributed by atoms with Crippen molar-refractivity contribution < 1.29 is 22.8 Å². The maximum Gasteiger partial charge on any atom is 0.416 e. The Kier molecular flexibility index (Phi) is 7.06. The number of alkyl halides is 3. The zero-order chi connectivity index (χ0) is 20.9. The Balaban J connectivity index is 1.87. The summed E-state index contributed by atoms with van der Waals surface area (Å²) < 4.78 is 39.2. The van der Waals surface area contributed by atoms with Gasteiger partial charge in [-0.3, -0.25) is 4.79 Å². The first-order chi connectivity index (χ1) is 13.1. The van der Waals surface area contributed by atoms with Crippen molar-refractivity contribution >= 4 is 33.6 Å². The van der Waals surface area contributed by atoms with E-state index in [-0.39, 0.29) is 6.54 Å². The van der Waals surface area contributed by atoms with Gasteiger partial charge >= 0.3 is 12.2 Å². The number of nitrogens with one attached hydrogen (secondary N) is 3. The van der Waals surface area contributed by atoms with E-state index in [0.717, 1.165) is 22.2 Å². The normalized spacial score (nSPS) is 12.2. The van der Waals surface area contributed by atoms with Crippen molar-refractivity contribution in [1.82, 2.24) is 10.6 Å². The molecule has 0 aliphatic heterocycles. The Bertz CT molecular complexity index is 872. The molecule has 0 radical (unpaired) electrons. The smallest absolute Gasteiger partial charge is 0.332 e. The van der Waals surface area contributed by atoms with Gasteiger partial charge in [0.15, 0.2) is 0 Å². The van der Waals surface area contributed by atoms with Crippen LogP contribution in [0.2, 0.25) is 0 Å². The minimum absolute atomic E-state index is 0.281. The first-order valence-electron chi connectivity index (χ1n) is 8.34. The van der Waals surface area contributed by atoms with Crippen molar-refractivity contribution in [3.63, 3.8) is 0 Å². The average Bonchev–Trinajstić information content (AvgIpc) is 2.62. The number of benzene rings is 2. The third-order valence-corrected chi connectivity index (χ3v) is 4.43. The summed E-state index contributed by atoms with van der Waals surface area (Å²) in [7, 11) is 0. The van der Waals surface area contributed by atoms with Crippen LogP contribution >= 0.6 is 15.9 Å². The first-order valence-corrected chi connectivity index (χ1v) is 9.13. The number of hydrogen-bond acceptors (Lipinski definition) is 2. The topological polar surface area (TPSA) is 70.2 Å². The third kappa shape index (κ3) is 6.26. The number of halogens is 4. The summed E-state index contributed by atoms with van der Waals surface area (Å²) >= 11 is 3.33.